The van der Waals surface area contributed by atoms with Crippen LogP contribution in [0.2, 0.25) is 0 Å². The van der Waals surface area contributed by atoms with Crippen LogP contribution in [-0.2, 0) is 4.79 Å². The summed E-state index contributed by atoms with van der Waals surface area (Å²) in [6.45, 7) is 8.01. The van der Waals surface area contributed by atoms with E-state index in [1.807, 2.05) is 4.90 Å². The monoisotopic (exact) mass is 197 g/mol. The van der Waals surface area contributed by atoms with Crippen LogP contribution in [0.5, 0.6) is 0 Å². The predicted molar refractivity (Wildman–Crippen MR) is 55.1 cm³/mol. The van der Waals surface area contributed by atoms with Crippen LogP contribution in [0.15, 0.2) is 0 Å². The number of rotatable bonds is 1. The van der Waals surface area contributed by atoms with Crippen molar-refractivity contribution in [1.29, 1.82) is 0 Å². The summed E-state index contributed by atoms with van der Waals surface area (Å²) in [4.78, 5) is 15.6. The van der Waals surface area contributed by atoms with Crippen LogP contribution in [0.4, 0.5) is 0 Å². The molecule has 2 fully saturated rings. The molecule has 2 rings (SSSR count). The Morgan fingerprint density at radius 2 is 2.00 bits per heavy atom. The SMILES string of the molecule is CC(=O)N1CCC(N2CCNCC2)C1. The summed E-state index contributed by atoms with van der Waals surface area (Å²) < 4.78 is 0. The third kappa shape index (κ3) is 2.07. The van der Waals surface area contributed by atoms with E-state index in [4.69, 9.17) is 0 Å². The van der Waals surface area contributed by atoms with E-state index in [0.29, 0.717) is 6.04 Å². The molecule has 1 unspecified atom stereocenters. The normalized spacial score (nSPS) is 29.5. The van der Waals surface area contributed by atoms with Gasteiger partial charge in [0, 0.05) is 52.2 Å². The number of nitrogens with zero attached hydrogens (tertiary/aromatic N) is 2. The standard InChI is InChI=1S/C10H19N3O/c1-9(14)13-5-2-10(8-13)12-6-3-11-4-7-12/h10-11H,2-8H2,1H3. The molecule has 2 aliphatic rings. The van der Waals surface area contributed by atoms with Gasteiger partial charge < -0.3 is 10.2 Å². The van der Waals surface area contributed by atoms with Crippen molar-refractivity contribution < 1.29 is 4.79 Å². The second-order valence-electron chi connectivity index (χ2n) is 4.19. The number of piperazine rings is 1. The number of carbonyl (C=O) groups is 1. The summed E-state index contributed by atoms with van der Waals surface area (Å²) >= 11 is 0. The lowest BCUT2D eigenvalue weighted by Gasteiger charge is -2.32. The molecule has 0 bridgehead atoms. The topological polar surface area (TPSA) is 35.6 Å². The zero-order valence-corrected chi connectivity index (χ0v) is 8.83. The first-order chi connectivity index (χ1) is 6.77. The van der Waals surface area contributed by atoms with Crippen molar-refractivity contribution in [3.63, 3.8) is 0 Å². The summed E-state index contributed by atoms with van der Waals surface area (Å²) in [6, 6.07) is 0.612. The van der Waals surface area contributed by atoms with Crippen molar-refractivity contribution in [3.05, 3.63) is 0 Å². The van der Waals surface area contributed by atoms with Gasteiger partial charge in [-0.05, 0) is 6.42 Å². The van der Waals surface area contributed by atoms with E-state index >= 15 is 0 Å². The van der Waals surface area contributed by atoms with Crippen molar-refractivity contribution in [2.24, 2.45) is 0 Å². The lowest BCUT2D eigenvalue weighted by molar-refractivity contribution is -0.127. The number of hydrogen-bond acceptors (Lipinski definition) is 3. The van der Waals surface area contributed by atoms with Crippen molar-refractivity contribution in [2.75, 3.05) is 39.3 Å². The lowest BCUT2D eigenvalue weighted by atomic mass is 10.2. The van der Waals surface area contributed by atoms with Crippen LogP contribution in [0.3, 0.4) is 0 Å². The van der Waals surface area contributed by atoms with Gasteiger partial charge in [0.05, 0.1) is 0 Å². The van der Waals surface area contributed by atoms with E-state index in [-0.39, 0.29) is 5.91 Å². The molecular weight excluding hydrogens is 178 g/mol. The Hall–Kier alpha value is -0.610. The largest absolute Gasteiger partial charge is 0.341 e. The average Bonchev–Trinajstić information content (AvgIpc) is 2.68. The second kappa shape index (κ2) is 4.28. The van der Waals surface area contributed by atoms with Gasteiger partial charge >= 0.3 is 0 Å². The van der Waals surface area contributed by atoms with Crippen molar-refractivity contribution in [2.45, 2.75) is 19.4 Å². The Morgan fingerprint density at radius 1 is 1.29 bits per heavy atom. The fourth-order valence-electron chi connectivity index (χ4n) is 2.37. The minimum absolute atomic E-state index is 0.225. The molecule has 0 spiro atoms. The minimum Gasteiger partial charge on any atom is -0.341 e. The van der Waals surface area contributed by atoms with Gasteiger partial charge in [-0.1, -0.05) is 0 Å². The first-order valence-corrected chi connectivity index (χ1v) is 5.47. The highest BCUT2D eigenvalue weighted by molar-refractivity contribution is 5.73. The van der Waals surface area contributed by atoms with Gasteiger partial charge in [0.2, 0.25) is 5.91 Å². The zero-order valence-electron chi connectivity index (χ0n) is 8.83. The van der Waals surface area contributed by atoms with Crippen molar-refractivity contribution in [1.82, 2.24) is 15.1 Å². The summed E-state index contributed by atoms with van der Waals surface area (Å²) in [5.41, 5.74) is 0. The molecule has 1 atom stereocenters. The van der Waals surface area contributed by atoms with Gasteiger partial charge in [0.25, 0.3) is 0 Å². The molecule has 4 nitrogen and oxygen atoms in total. The van der Waals surface area contributed by atoms with Crippen LogP contribution in [0.1, 0.15) is 13.3 Å². The summed E-state index contributed by atoms with van der Waals surface area (Å²) in [5, 5.41) is 3.35. The minimum atomic E-state index is 0.225. The predicted octanol–water partition coefficient (Wildman–Crippen LogP) is -0.488. The molecule has 0 aromatic heterocycles. The van der Waals surface area contributed by atoms with E-state index in [1.54, 1.807) is 6.92 Å². The summed E-state index contributed by atoms with van der Waals surface area (Å²) in [7, 11) is 0. The zero-order chi connectivity index (χ0) is 9.97. The maximum Gasteiger partial charge on any atom is 0.219 e. The molecule has 0 radical (unpaired) electrons. The molecule has 0 saturated carbocycles. The highest BCUT2D eigenvalue weighted by Gasteiger charge is 2.29. The molecule has 0 aliphatic carbocycles. The number of likely N-dealkylation sites (tertiary alicyclic amines) is 1. The van der Waals surface area contributed by atoms with Crippen LogP contribution >= 0.6 is 0 Å². The average molecular weight is 197 g/mol. The van der Waals surface area contributed by atoms with E-state index in [1.165, 1.54) is 0 Å². The van der Waals surface area contributed by atoms with Gasteiger partial charge in [-0.25, -0.2) is 0 Å². The van der Waals surface area contributed by atoms with E-state index in [0.717, 1.165) is 45.7 Å². The Kier molecular flexibility index (Phi) is 3.03. The Balaban J connectivity index is 1.85. The third-order valence-electron chi connectivity index (χ3n) is 3.28. The first-order valence-electron chi connectivity index (χ1n) is 5.47. The lowest BCUT2D eigenvalue weighted by Crippen LogP contribution is -2.49. The quantitative estimate of drug-likeness (QED) is 0.616. The number of hydrogen-bond donors (Lipinski definition) is 1. The van der Waals surface area contributed by atoms with Gasteiger partial charge in [0.15, 0.2) is 0 Å². The molecule has 80 valence electrons. The van der Waals surface area contributed by atoms with E-state index < -0.39 is 0 Å². The van der Waals surface area contributed by atoms with Gasteiger partial charge in [-0.15, -0.1) is 0 Å². The number of amides is 1. The van der Waals surface area contributed by atoms with Gasteiger partial charge in [-0.3, -0.25) is 9.69 Å². The van der Waals surface area contributed by atoms with Gasteiger partial charge in [0.1, 0.15) is 0 Å². The van der Waals surface area contributed by atoms with Crippen LogP contribution < -0.4 is 5.32 Å². The molecule has 2 heterocycles. The smallest absolute Gasteiger partial charge is 0.219 e. The highest BCUT2D eigenvalue weighted by Crippen LogP contribution is 2.15. The fraction of sp³-hybridized carbons (Fsp3) is 0.900. The highest BCUT2D eigenvalue weighted by atomic mass is 16.2. The maximum absolute atomic E-state index is 11.2. The van der Waals surface area contributed by atoms with Crippen LogP contribution in [0, 0.1) is 0 Å². The maximum atomic E-state index is 11.2. The Labute approximate surface area is 85.2 Å². The van der Waals surface area contributed by atoms with Crippen LogP contribution in [-0.4, -0.2) is 61.0 Å². The van der Waals surface area contributed by atoms with Crippen molar-refractivity contribution >= 4 is 5.91 Å². The Morgan fingerprint density at radius 3 is 2.57 bits per heavy atom. The molecule has 1 amide bonds. The first kappa shape index (κ1) is 9.93. The molecule has 2 aliphatic heterocycles. The Bertz CT molecular complexity index is 213. The van der Waals surface area contributed by atoms with E-state index in [2.05, 4.69) is 10.2 Å². The third-order valence-corrected chi connectivity index (χ3v) is 3.28. The molecular formula is C10H19N3O. The van der Waals surface area contributed by atoms with Gasteiger partial charge in [-0.2, -0.15) is 0 Å². The molecule has 1 N–H and O–H groups in total. The van der Waals surface area contributed by atoms with E-state index in [9.17, 15) is 4.79 Å². The molecule has 0 aromatic carbocycles. The fourth-order valence-corrected chi connectivity index (χ4v) is 2.37. The molecule has 2 saturated heterocycles. The summed E-state index contributed by atoms with van der Waals surface area (Å²) in [5.74, 6) is 0.225. The summed E-state index contributed by atoms with van der Waals surface area (Å²) in [6.07, 6.45) is 1.15. The second-order valence-corrected chi connectivity index (χ2v) is 4.19. The molecule has 0 aromatic rings. The molecule has 4 heteroatoms. The number of carbonyl (C=O) groups excluding carboxylic acids is 1. The van der Waals surface area contributed by atoms with Crippen LogP contribution in [0.25, 0.3) is 0 Å². The molecule has 14 heavy (non-hydrogen) atoms. The number of nitrogens with one attached hydrogen (secondary N) is 1. The van der Waals surface area contributed by atoms with Crippen molar-refractivity contribution in [3.8, 4) is 0 Å².